The van der Waals surface area contributed by atoms with Gasteiger partial charge in [0.05, 0.1) is 6.04 Å². The second-order valence-electron chi connectivity index (χ2n) is 4.57. The highest BCUT2D eigenvalue weighted by molar-refractivity contribution is 5.71. The molecule has 1 aliphatic heterocycles. The first-order chi connectivity index (χ1) is 8.88. The van der Waals surface area contributed by atoms with Crippen LogP contribution in [0.5, 0.6) is 0 Å². The van der Waals surface area contributed by atoms with Crippen LogP contribution >= 0.6 is 0 Å². The van der Waals surface area contributed by atoms with Crippen LogP contribution in [0.1, 0.15) is 13.3 Å². The van der Waals surface area contributed by atoms with E-state index in [9.17, 15) is 0 Å². The molecule has 5 nitrogen and oxygen atoms in total. The Labute approximate surface area is 106 Å². The van der Waals surface area contributed by atoms with Crippen molar-refractivity contribution < 1.29 is 0 Å². The molecule has 0 radical (unpaired) electrons. The molecule has 0 atom stereocenters. The predicted molar refractivity (Wildman–Crippen MR) is 71.6 cm³/mol. The number of hydrogen-bond acceptors (Lipinski definition) is 5. The van der Waals surface area contributed by atoms with Crippen LogP contribution in [0.25, 0.3) is 11.2 Å². The van der Waals surface area contributed by atoms with Gasteiger partial charge >= 0.3 is 0 Å². The smallest absolute Gasteiger partial charge is 0.180 e. The first-order valence-electron chi connectivity index (χ1n) is 6.43. The van der Waals surface area contributed by atoms with Gasteiger partial charge in [-0.3, -0.25) is 4.98 Å². The van der Waals surface area contributed by atoms with Crippen molar-refractivity contribution in [2.45, 2.75) is 19.4 Å². The molecular weight excluding hydrogens is 226 g/mol. The Hall–Kier alpha value is -1.75. The van der Waals surface area contributed by atoms with E-state index in [4.69, 9.17) is 0 Å². The van der Waals surface area contributed by atoms with Crippen LogP contribution in [0.15, 0.2) is 24.5 Å². The van der Waals surface area contributed by atoms with E-state index < -0.39 is 0 Å². The quantitative estimate of drug-likeness (QED) is 0.875. The van der Waals surface area contributed by atoms with Crippen molar-refractivity contribution in [3.63, 3.8) is 0 Å². The molecule has 2 aromatic rings. The molecule has 0 aliphatic carbocycles. The fourth-order valence-corrected chi connectivity index (χ4v) is 2.22. The minimum Gasteiger partial charge on any atom is -0.351 e. The molecule has 0 unspecified atom stereocenters. The molecule has 3 heterocycles. The van der Waals surface area contributed by atoms with Crippen molar-refractivity contribution in [2.75, 3.05) is 24.5 Å². The third-order valence-corrected chi connectivity index (χ3v) is 3.28. The van der Waals surface area contributed by atoms with Gasteiger partial charge in [-0.2, -0.15) is 0 Å². The van der Waals surface area contributed by atoms with E-state index in [1.54, 1.807) is 12.4 Å². The van der Waals surface area contributed by atoms with Gasteiger partial charge in [0.15, 0.2) is 5.65 Å². The number of pyridine rings is 1. The maximum atomic E-state index is 4.62. The lowest BCUT2D eigenvalue weighted by Gasteiger charge is -2.39. The molecule has 0 bridgehead atoms. The van der Waals surface area contributed by atoms with Crippen molar-refractivity contribution in [2.24, 2.45) is 0 Å². The van der Waals surface area contributed by atoms with Crippen LogP contribution in [0.3, 0.4) is 0 Å². The van der Waals surface area contributed by atoms with Gasteiger partial charge in [-0.1, -0.05) is 6.92 Å². The summed E-state index contributed by atoms with van der Waals surface area (Å²) < 4.78 is 0. The summed E-state index contributed by atoms with van der Waals surface area (Å²) in [7, 11) is 0. The van der Waals surface area contributed by atoms with E-state index in [1.807, 2.05) is 12.1 Å². The average Bonchev–Trinajstić information content (AvgIpc) is 2.35. The van der Waals surface area contributed by atoms with Crippen molar-refractivity contribution in [3.8, 4) is 0 Å². The summed E-state index contributed by atoms with van der Waals surface area (Å²) in [6.07, 6.45) is 4.51. The summed E-state index contributed by atoms with van der Waals surface area (Å²) >= 11 is 0. The standard InChI is InChI=1S/C13H17N5/c1-2-7-18(10-8-14-9-10)12-4-3-11-13(17-12)16-6-5-15-11/h3-6,10,14H,2,7-9H2,1H3. The Kier molecular flexibility index (Phi) is 3.06. The Balaban J connectivity index is 1.95. The molecule has 0 aromatic carbocycles. The van der Waals surface area contributed by atoms with Gasteiger partial charge in [-0.25, -0.2) is 9.97 Å². The van der Waals surface area contributed by atoms with Gasteiger partial charge in [0.25, 0.3) is 0 Å². The van der Waals surface area contributed by atoms with Crippen LogP contribution in [-0.4, -0.2) is 40.6 Å². The molecule has 18 heavy (non-hydrogen) atoms. The van der Waals surface area contributed by atoms with Gasteiger partial charge in [0.2, 0.25) is 0 Å². The number of anilines is 1. The molecule has 2 aromatic heterocycles. The zero-order valence-electron chi connectivity index (χ0n) is 10.5. The number of fused-ring (bicyclic) bond motifs is 1. The van der Waals surface area contributed by atoms with Crippen LogP contribution in [-0.2, 0) is 0 Å². The Morgan fingerprint density at radius 1 is 1.28 bits per heavy atom. The minimum absolute atomic E-state index is 0.562. The van der Waals surface area contributed by atoms with Crippen LogP contribution in [0, 0.1) is 0 Å². The van der Waals surface area contributed by atoms with Gasteiger partial charge < -0.3 is 10.2 Å². The summed E-state index contributed by atoms with van der Waals surface area (Å²) in [6, 6.07) is 4.61. The van der Waals surface area contributed by atoms with E-state index in [2.05, 4.69) is 32.1 Å². The summed E-state index contributed by atoms with van der Waals surface area (Å²) in [4.78, 5) is 15.5. The zero-order valence-corrected chi connectivity index (χ0v) is 10.5. The first-order valence-corrected chi connectivity index (χ1v) is 6.43. The summed E-state index contributed by atoms with van der Waals surface area (Å²) in [6.45, 7) is 5.31. The minimum atomic E-state index is 0.562. The number of aromatic nitrogens is 3. The van der Waals surface area contributed by atoms with E-state index in [0.717, 1.165) is 43.0 Å². The second-order valence-corrected chi connectivity index (χ2v) is 4.57. The summed E-state index contributed by atoms with van der Waals surface area (Å²) in [5.41, 5.74) is 1.58. The SMILES string of the molecule is CCCN(c1ccc2nccnc2n1)C1CNC1. The molecule has 1 saturated heterocycles. The fourth-order valence-electron chi connectivity index (χ4n) is 2.22. The van der Waals surface area contributed by atoms with Gasteiger partial charge in [-0.15, -0.1) is 0 Å². The number of nitrogens with one attached hydrogen (secondary N) is 1. The Bertz CT molecular complexity index is 538. The topological polar surface area (TPSA) is 53.9 Å². The van der Waals surface area contributed by atoms with E-state index in [0.29, 0.717) is 6.04 Å². The highest BCUT2D eigenvalue weighted by Crippen LogP contribution is 2.19. The predicted octanol–water partition coefficient (Wildman–Crippen LogP) is 1.21. The highest BCUT2D eigenvalue weighted by atomic mass is 15.3. The van der Waals surface area contributed by atoms with Gasteiger partial charge in [-0.05, 0) is 18.6 Å². The summed E-state index contributed by atoms with van der Waals surface area (Å²) in [5.74, 6) is 1.01. The zero-order chi connectivity index (χ0) is 12.4. The number of rotatable bonds is 4. The fraction of sp³-hybridized carbons (Fsp3) is 0.462. The lowest BCUT2D eigenvalue weighted by atomic mass is 10.1. The van der Waals surface area contributed by atoms with E-state index in [-0.39, 0.29) is 0 Å². The van der Waals surface area contributed by atoms with Crippen LogP contribution in [0.2, 0.25) is 0 Å². The molecule has 1 aliphatic rings. The molecule has 1 N–H and O–H groups in total. The van der Waals surface area contributed by atoms with Gasteiger partial charge in [0.1, 0.15) is 11.3 Å². The van der Waals surface area contributed by atoms with Crippen molar-refractivity contribution in [1.29, 1.82) is 0 Å². The first kappa shape index (κ1) is 11.3. The highest BCUT2D eigenvalue weighted by Gasteiger charge is 2.25. The third-order valence-electron chi connectivity index (χ3n) is 3.28. The summed E-state index contributed by atoms with van der Waals surface area (Å²) in [5, 5.41) is 3.31. The van der Waals surface area contributed by atoms with Crippen LogP contribution in [0.4, 0.5) is 5.82 Å². The molecule has 94 valence electrons. The normalized spacial score (nSPS) is 15.6. The second kappa shape index (κ2) is 4.86. The Morgan fingerprint density at radius 3 is 2.83 bits per heavy atom. The molecule has 0 spiro atoms. The van der Waals surface area contributed by atoms with E-state index in [1.165, 1.54) is 0 Å². The van der Waals surface area contributed by atoms with Gasteiger partial charge in [0, 0.05) is 32.0 Å². The molecule has 1 fully saturated rings. The maximum Gasteiger partial charge on any atom is 0.180 e. The number of nitrogens with zero attached hydrogens (tertiary/aromatic N) is 4. The lowest BCUT2D eigenvalue weighted by Crippen LogP contribution is -2.57. The van der Waals surface area contributed by atoms with Crippen molar-refractivity contribution >= 4 is 17.0 Å². The molecular formula is C13H17N5. The Morgan fingerprint density at radius 2 is 2.11 bits per heavy atom. The van der Waals surface area contributed by atoms with Crippen molar-refractivity contribution in [3.05, 3.63) is 24.5 Å². The lowest BCUT2D eigenvalue weighted by molar-refractivity contribution is 0.410. The molecule has 0 amide bonds. The van der Waals surface area contributed by atoms with Crippen LogP contribution < -0.4 is 10.2 Å². The van der Waals surface area contributed by atoms with E-state index >= 15 is 0 Å². The molecule has 3 rings (SSSR count). The average molecular weight is 243 g/mol. The maximum absolute atomic E-state index is 4.62. The third kappa shape index (κ3) is 2.01. The largest absolute Gasteiger partial charge is 0.351 e. The van der Waals surface area contributed by atoms with Crippen molar-refractivity contribution in [1.82, 2.24) is 20.3 Å². The molecule has 0 saturated carbocycles. The monoisotopic (exact) mass is 243 g/mol. The molecule has 5 heteroatoms. The number of hydrogen-bond donors (Lipinski definition) is 1.